The van der Waals surface area contributed by atoms with Crippen molar-refractivity contribution in [2.75, 3.05) is 12.3 Å². The SMILES string of the molecule is Nc1ccc(-c2nc3c(c(=O)[nH]2)CN(Cc2cc(-c4ccccc4)cs2)CC3)cc1. The minimum absolute atomic E-state index is 0.0484. The largest absolute Gasteiger partial charge is 0.399 e. The molecule has 2 aromatic carbocycles. The van der Waals surface area contributed by atoms with Crippen LogP contribution in [-0.2, 0) is 19.5 Å². The molecular formula is C24H22N4OS. The first kappa shape index (κ1) is 18.8. The molecule has 0 fully saturated rings. The molecule has 1 aliphatic heterocycles. The molecule has 0 saturated heterocycles. The highest BCUT2D eigenvalue weighted by Gasteiger charge is 2.22. The zero-order valence-electron chi connectivity index (χ0n) is 16.5. The first-order valence-electron chi connectivity index (χ1n) is 9.99. The van der Waals surface area contributed by atoms with Gasteiger partial charge >= 0.3 is 0 Å². The summed E-state index contributed by atoms with van der Waals surface area (Å²) in [5.74, 6) is 0.609. The number of hydrogen-bond acceptors (Lipinski definition) is 5. The summed E-state index contributed by atoms with van der Waals surface area (Å²) < 4.78 is 0. The molecule has 1 aliphatic rings. The van der Waals surface area contributed by atoms with Gasteiger partial charge in [-0.15, -0.1) is 11.3 Å². The Labute approximate surface area is 178 Å². The van der Waals surface area contributed by atoms with E-state index in [1.165, 1.54) is 16.0 Å². The Balaban J connectivity index is 1.34. The monoisotopic (exact) mass is 414 g/mol. The fraction of sp³-hybridized carbons (Fsp3) is 0.167. The van der Waals surface area contributed by atoms with Crippen molar-refractivity contribution in [2.24, 2.45) is 0 Å². The number of nitrogens with two attached hydrogens (primary N) is 1. The molecule has 3 heterocycles. The Bertz CT molecular complexity index is 1230. The second-order valence-corrected chi connectivity index (χ2v) is 8.59. The number of nitrogen functional groups attached to an aromatic ring is 1. The molecule has 0 amide bonds. The van der Waals surface area contributed by atoms with Crippen molar-refractivity contribution in [3.05, 3.63) is 92.5 Å². The Hall–Kier alpha value is -3.22. The van der Waals surface area contributed by atoms with Crippen LogP contribution in [0.3, 0.4) is 0 Å². The van der Waals surface area contributed by atoms with Crippen molar-refractivity contribution in [3.63, 3.8) is 0 Å². The molecule has 0 radical (unpaired) electrons. The van der Waals surface area contributed by atoms with Crippen LogP contribution in [0, 0.1) is 0 Å². The van der Waals surface area contributed by atoms with Gasteiger partial charge in [-0.25, -0.2) is 4.98 Å². The summed E-state index contributed by atoms with van der Waals surface area (Å²) in [6.45, 7) is 2.36. The molecule has 2 aromatic heterocycles. The Morgan fingerprint density at radius 3 is 2.63 bits per heavy atom. The van der Waals surface area contributed by atoms with Crippen LogP contribution >= 0.6 is 11.3 Å². The summed E-state index contributed by atoms with van der Waals surface area (Å²) >= 11 is 1.77. The predicted molar refractivity (Wildman–Crippen MR) is 122 cm³/mol. The van der Waals surface area contributed by atoms with Gasteiger partial charge in [0.2, 0.25) is 0 Å². The third-order valence-electron chi connectivity index (χ3n) is 5.47. The average Bonchev–Trinajstić information content (AvgIpc) is 3.24. The number of aromatic nitrogens is 2. The molecule has 0 spiro atoms. The first-order valence-corrected chi connectivity index (χ1v) is 10.9. The standard InChI is InChI=1S/C24H22N4OS/c25-19-8-6-17(7-9-19)23-26-22-10-11-28(14-21(22)24(29)27-23)13-20-12-18(15-30-20)16-4-2-1-3-5-16/h1-9,12,15H,10-11,13-14,25H2,(H,26,27,29). The number of nitrogens with one attached hydrogen (secondary N) is 1. The van der Waals surface area contributed by atoms with Crippen LogP contribution in [0.15, 0.2) is 70.8 Å². The zero-order chi connectivity index (χ0) is 20.5. The van der Waals surface area contributed by atoms with E-state index in [0.717, 1.165) is 36.3 Å². The molecule has 0 atom stereocenters. The van der Waals surface area contributed by atoms with E-state index in [2.05, 4.69) is 45.6 Å². The maximum absolute atomic E-state index is 12.8. The number of anilines is 1. The van der Waals surface area contributed by atoms with Crippen LogP contribution in [0.1, 0.15) is 16.1 Å². The summed E-state index contributed by atoms with van der Waals surface area (Å²) in [6, 6.07) is 20.1. The summed E-state index contributed by atoms with van der Waals surface area (Å²) in [5, 5.41) is 2.20. The summed E-state index contributed by atoms with van der Waals surface area (Å²) in [4.78, 5) is 24.1. The number of rotatable bonds is 4. The topological polar surface area (TPSA) is 75.0 Å². The summed E-state index contributed by atoms with van der Waals surface area (Å²) in [5.41, 5.74) is 11.4. The van der Waals surface area contributed by atoms with Gasteiger partial charge in [0.15, 0.2) is 0 Å². The van der Waals surface area contributed by atoms with E-state index in [1.807, 2.05) is 30.3 Å². The van der Waals surface area contributed by atoms with Gasteiger partial charge in [0, 0.05) is 42.2 Å². The fourth-order valence-corrected chi connectivity index (χ4v) is 4.79. The van der Waals surface area contributed by atoms with E-state index >= 15 is 0 Å². The lowest BCUT2D eigenvalue weighted by molar-refractivity contribution is 0.244. The van der Waals surface area contributed by atoms with Crippen molar-refractivity contribution in [1.82, 2.24) is 14.9 Å². The minimum Gasteiger partial charge on any atom is -0.399 e. The molecule has 0 aliphatic carbocycles. The number of nitrogens with zero attached hydrogens (tertiary/aromatic N) is 2. The molecule has 0 saturated carbocycles. The van der Waals surface area contributed by atoms with Crippen LogP contribution in [0.5, 0.6) is 0 Å². The number of hydrogen-bond donors (Lipinski definition) is 2. The van der Waals surface area contributed by atoms with E-state index in [4.69, 9.17) is 10.7 Å². The second kappa shape index (κ2) is 7.89. The van der Waals surface area contributed by atoms with Crippen molar-refractivity contribution in [2.45, 2.75) is 19.5 Å². The van der Waals surface area contributed by atoms with Crippen LogP contribution < -0.4 is 11.3 Å². The Morgan fingerprint density at radius 1 is 1.03 bits per heavy atom. The fourth-order valence-electron chi connectivity index (χ4n) is 3.86. The smallest absolute Gasteiger partial charge is 0.255 e. The van der Waals surface area contributed by atoms with Gasteiger partial charge in [0.05, 0.1) is 11.3 Å². The highest BCUT2D eigenvalue weighted by atomic mass is 32.1. The van der Waals surface area contributed by atoms with Gasteiger partial charge in [-0.1, -0.05) is 30.3 Å². The number of thiophene rings is 1. The number of fused-ring (bicyclic) bond motifs is 1. The van der Waals surface area contributed by atoms with Crippen molar-refractivity contribution in [3.8, 4) is 22.5 Å². The second-order valence-electron chi connectivity index (χ2n) is 7.59. The molecule has 3 N–H and O–H groups in total. The van der Waals surface area contributed by atoms with Crippen molar-refractivity contribution in [1.29, 1.82) is 0 Å². The summed E-state index contributed by atoms with van der Waals surface area (Å²) in [7, 11) is 0. The van der Waals surface area contributed by atoms with Crippen LogP contribution in [0.25, 0.3) is 22.5 Å². The molecule has 5 nitrogen and oxygen atoms in total. The van der Waals surface area contributed by atoms with Gasteiger partial charge in [0.25, 0.3) is 5.56 Å². The maximum atomic E-state index is 12.8. The van der Waals surface area contributed by atoms with Crippen LogP contribution in [0.2, 0.25) is 0 Å². The van der Waals surface area contributed by atoms with E-state index in [9.17, 15) is 4.79 Å². The average molecular weight is 415 g/mol. The van der Waals surface area contributed by atoms with E-state index in [-0.39, 0.29) is 5.56 Å². The van der Waals surface area contributed by atoms with E-state index in [1.54, 1.807) is 11.3 Å². The highest BCUT2D eigenvalue weighted by Crippen LogP contribution is 2.27. The number of H-pyrrole nitrogens is 1. The quantitative estimate of drug-likeness (QED) is 0.488. The third-order valence-corrected chi connectivity index (χ3v) is 6.39. The van der Waals surface area contributed by atoms with Crippen molar-refractivity contribution >= 4 is 17.0 Å². The van der Waals surface area contributed by atoms with Gasteiger partial charge < -0.3 is 10.7 Å². The van der Waals surface area contributed by atoms with Gasteiger partial charge in [-0.2, -0.15) is 0 Å². The zero-order valence-corrected chi connectivity index (χ0v) is 17.3. The summed E-state index contributed by atoms with van der Waals surface area (Å²) in [6.07, 6.45) is 0.776. The normalized spacial score (nSPS) is 13.9. The number of benzene rings is 2. The Kier molecular flexibility index (Phi) is 4.94. The lowest BCUT2D eigenvalue weighted by Crippen LogP contribution is -2.35. The molecule has 30 heavy (non-hydrogen) atoms. The molecule has 0 unspecified atom stereocenters. The van der Waals surface area contributed by atoms with Gasteiger partial charge in [-0.05, 0) is 46.8 Å². The van der Waals surface area contributed by atoms with Crippen LogP contribution in [-0.4, -0.2) is 21.4 Å². The number of aromatic amines is 1. The molecular weight excluding hydrogens is 392 g/mol. The third kappa shape index (κ3) is 3.79. The lowest BCUT2D eigenvalue weighted by atomic mass is 10.1. The molecule has 150 valence electrons. The molecule has 4 aromatic rings. The van der Waals surface area contributed by atoms with E-state index in [0.29, 0.717) is 18.1 Å². The first-order chi connectivity index (χ1) is 14.7. The highest BCUT2D eigenvalue weighted by molar-refractivity contribution is 7.10. The van der Waals surface area contributed by atoms with Crippen LogP contribution in [0.4, 0.5) is 5.69 Å². The molecule has 0 bridgehead atoms. The van der Waals surface area contributed by atoms with E-state index < -0.39 is 0 Å². The van der Waals surface area contributed by atoms with Crippen molar-refractivity contribution < 1.29 is 0 Å². The molecule has 5 rings (SSSR count). The predicted octanol–water partition coefficient (Wildman–Crippen LogP) is 4.31. The van der Waals surface area contributed by atoms with Gasteiger partial charge in [0.1, 0.15) is 5.82 Å². The Morgan fingerprint density at radius 2 is 1.83 bits per heavy atom. The minimum atomic E-state index is -0.0484. The molecule has 6 heteroatoms. The maximum Gasteiger partial charge on any atom is 0.255 e. The van der Waals surface area contributed by atoms with Gasteiger partial charge in [-0.3, -0.25) is 9.69 Å². The lowest BCUT2D eigenvalue weighted by Gasteiger charge is -2.27.